The number of rotatable bonds is 2. The molecular formula is C19H23N3O3S. The first kappa shape index (κ1) is 17.4. The smallest absolute Gasteiger partial charge is 0.248 e. The highest BCUT2D eigenvalue weighted by Crippen LogP contribution is 2.47. The molecule has 26 heavy (non-hydrogen) atoms. The van der Waals surface area contributed by atoms with Crippen LogP contribution in [-0.2, 0) is 15.0 Å². The summed E-state index contributed by atoms with van der Waals surface area (Å²) < 4.78 is 5.80. The summed E-state index contributed by atoms with van der Waals surface area (Å²) in [6.07, 6.45) is 1.33. The quantitative estimate of drug-likeness (QED) is 0.872. The predicted octanol–water partition coefficient (Wildman–Crippen LogP) is 3.52. The van der Waals surface area contributed by atoms with E-state index in [0.717, 1.165) is 11.9 Å². The van der Waals surface area contributed by atoms with Crippen LogP contribution in [0.25, 0.3) is 11.1 Å². The number of benzene rings is 1. The molecule has 0 aliphatic carbocycles. The minimum atomic E-state index is -0.418. The van der Waals surface area contributed by atoms with Gasteiger partial charge in [0.15, 0.2) is 5.58 Å². The van der Waals surface area contributed by atoms with E-state index in [1.54, 1.807) is 16.7 Å². The van der Waals surface area contributed by atoms with E-state index in [0.29, 0.717) is 29.3 Å². The van der Waals surface area contributed by atoms with Gasteiger partial charge in [-0.05, 0) is 31.5 Å². The third-order valence-corrected chi connectivity index (χ3v) is 6.55. The number of fused-ring (bicyclic) bond motifs is 2. The third-order valence-electron chi connectivity index (χ3n) is 5.04. The Bertz CT molecular complexity index is 901. The van der Waals surface area contributed by atoms with Crippen LogP contribution in [0.3, 0.4) is 0 Å². The maximum absolute atomic E-state index is 12.8. The summed E-state index contributed by atoms with van der Waals surface area (Å²) in [7, 11) is 0. The molecule has 2 atom stereocenters. The van der Waals surface area contributed by atoms with Crippen molar-refractivity contribution in [3.05, 3.63) is 24.1 Å². The molecule has 0 saturated carbocycles. The highest BCUT2D eigenvalue weighted by Gasteiger charge is 2.52. The number of hydrogen-bond donors (Lipinski definition) is 1. The highest BCUT2D eigenvalue weighted by molar-refractivity contribution is 8.01. The molecule has 2 saturated heterocycles. The lowest BCUT2D eigenvalue weighted by Gasteiger charge is -2.29. The Kier molecular flexibility index (Phi) is 3.84. The van der Waals surface area contributed by atoms with E-state index in [1.807, 2.05) is 45.9 Å². The molecule has 0 radical (unpaired) electrons. The maximum Gasteiger partial charge on any atom is 0.248 e. The second-order valence-electron chi connectivity index (χ2n) is 8.21. The second-order valence-corrected chi connectivity index (χ2v) is 9.71. The molecule has 2 aliphatic heterocycles. The first-order chi connectivity index (χ1) is 12.2. The van der Waals surface area contributed by atoms with Crippen LogP contribution >= 0.6 is 11.8 Å². The Morgan fingerprint density at radius 2 is 2.19 bits per heavy atom. The minimum Gasteiger partial charge on any atom is -0.440 e. The van der Waals surface area contributed by atoms with Gasteiger partial charge in [-0.2, -0.15) is 0 Å². The molecule has 4 rings (SSSR count). The highest BCUT2D eigenvalue weighted by atomic mass is 32.2. The van der Waals surface area contributed by atoms with E-state index in [2.05, 4.69) is 10.3 Å². The molecule has 2 amide bonds. The Morgan fingerprint density at radius 1 is 1.42 bits per heavy atom. The van der Waals surface area contributed by atoms with Crippen LogP contribution in [0.1, 0.15) is 46.4 Å². The second kappa shape index (κ2) is 5.74. The zero-order chi connectivity index (χ0) is 18.7. The topological polar surface area (TPSA) is 75.4 Å². The van der Waals surface area contributed by atoms with E-state index >= 15 is 0 Å². The Labute approximate surface area is 156 Å². The molecule has 0 spiro atoms. The van der Waals surface area contributed by atoms with Crippen LogP contribution in [0.15, 0.2) is 22.6 Å². The van der Waals surface area contributed by atoms with Gasteiger partial charge in [-0.15, -0.1) is 11.8 Å². The zero-order valence-electron chi connectivity index (χ0n) is 15.5. The van der Waals surface area contributed by atoms with Crippen molar-refractivity contribution in [3.8, 4) is 0 Å². The van der Waals surface area contributed by atoms with Crippen LogP contribution in [-0.4, -0.2) is 38.4 Å². The summed E-state index contributed by atoms with van der Waals surface area (Å²) >= 11 is 1.69. The molecule has 2 aromatic rings. The molecule has 138 valence electrons. The predicted molar refractivity (Wildman–Crippen MR) is 102 cm³/mol. The van der Waals surface area contributed by atoms with E-state index < -0.39 is 6.04 Å². The Balaban J connectivity index is 1.55. The van der Waals surface area contributed by atoms with Crippen molar-refractivity contribution in [3.63, 3.8) is 0 Å². The first-order valence-corrected chi connectivity index (χ1v) is 9.84. The van der Waals surface area contributed by atoms with Crippen LogP contribution in [0, 0.1) is 0 Å². The van der Waals surface area contributed by atoms with Gasteiger partial charge < -0.3 is 14.6 Å². The molecule has 6 nitrogen and oxygen atoms in total. The van der Waals surface area contributed by atoms with Gasteiger partial charge in [-0.3, -0.25) is 9.59 Å². The van der Waals surface area contributed by atoms with Gasteiger partial charge in [-0.1, -0.05) is 20.8 Å². The molecule has 0 unspecified atom stereocenters. The molecule has 0 bridgehead atoms. The van der Waals surface area contributed by atoms with Gasteiger partial charge in [0.2, 0.25) is 17.7 Å². The number of nitrogens with zero attached hydrogens (tertiary/aromatic N) is 2. The number of oxazole rings is 1. The Morgan fingerprint density at radius 3 is 2.92 bits per heavy atom. The number of thioether (sulfide) groups is 1. The summed E-state index contributed by atoms with van der Waals surface area (Å²) in [4.78, 5) is 31.1. The number of nitrogens with one attached hydrogen (secondary N) is 1. The van der Waals surface area contributed by atoms with Crippen molar-refractivity contribution in [1.82, 2.24) is 9.88 Å². The average Bonchev–Trinajstić information content (AvgIpc) is 3.20. The molecule has 1 aromatic heterocycles. The summed E-state index contributed by atoms with van der Waals surface area (Å²) in [6, 6.07) is 5.03. The van der Waals surface area contributed by atoms with E-state index in [1.165, 1.54) is 0 Å². The first-order valence-electron chi connectivity index (χ1n) is 8.85. The summed E-state index contributed by atoms with van der Waals surface area (Å²) in [5, 5.41) is 2.95. The van der Waals surface area contributed by atoms with Gasteiger partial charge in [0.05, 0.1) is 4.87 Å². The maximum atomic E-state index is 12.8. The molecule has 2 fully saturated rings. The monoisotopic (exact) mass is 373 g/mol. The van der Waals surface area contributed by atoms with Gasteiger partial charge in [0.25, 0.3) is 0 Å². The van der Waals surface area contributed by atoms with Crippen molar-refractivity contribution < 1.29 is 14.0 Å². The number of carbonyl (C=O) groups excluding carboxylic acids is 2. The summed E-state index contributed by atoms with van der Waals surface area (Å²) in [5.41, 5.74) is 1.91. The van der Waals surface area contributed by atoms with Crippen LogP contribution in [0.4, 0.5) is 5.69 Å². The van der Waals surface area contributed by atoms with Crippen molar-refractivity contribution in [2.45, 2.75) is 56.9 Å². The van der Waals surface area contributed by atoms with E-state index in [4.69, 9.17) is 4.42 Å². The van der Waals surface area contributed by atoms with Crippen LogP contribution < -0.4 is 5.32 Å². The minimum absolute atomic E-state index is 0.0689. The van der Waals surface area contributed by atoms with Crippen molar-refractivity contribution in [1.29, 1.82) is 0 Å². The number of amides is 2. The SMILES string of the molecule is CC(C)(C)c1nc2cc(NC(=O)[C@H]3CS[C@@]4(C)CCC(=O)N34)ccc2o1. The fraction of sp³-hybridized carbons (Fsp3) is 0.526. The van der Waals surface area contributed by atoms with Gasteiger partial charge in [-0.25, -0.2) is 4.98 Å². The zero-order valence-corrected chi connectivity index (χ0v) is 16.3. The van der Waals surface area contributed by atoms with E-state index in [9.17, 15) is 9.59 Å². The van der Waals surface area contributed by atoms with Gasteiger partial charge in [0, 0.05) is 23.3 Å². The van der Waals surface area contributed by atoms with Gasteiger partial charge in [0.1, 0.15) is 11.6 Å². The standard InChI is InChI=1S/C19H23N3O3S/c1-18(2,3)17-21-12-9-11(5-6-14(12)25-17)20-16(24)13-10-26-19(4)8-7-15(23)22(13)19/h5-6,9,13H,7-8,10H2,1-4H3,(H,20,24)/t13-,19+/m1/s1. The number of anilines is 1. The van der Waals surface area contributed by atoms with Gasteiger partial charge >= 0.3 is 0 Å². The molecule has 1 aromatic carbocycles. The average molecular weight is 373 g/mol. The third kappa shape index (κ3) is 2.78. The number of aromatic nitrogens is 1. The lowest BCUT2D eigenvalue weighted by molar-refractivity contribution is -0.135. The largest absolute Gasteiger partial charge is 0.440 e. The molecule has 2 aliphatic rings. The van der Waals surface area contributed by atoms with Crippen molar-refractivity contribution in [2.24, 2.45) is 0 Å². The fourth-order valence-electron chi connectivity index (χ4n) is 3.57. The normalized spacial score (nSPS) is 25.8. The molecule has 3 heterocycles. The van der Waals surface area contributed by atoms with Crippen LogP contribution in [0.2, 0.25) is 0 Å². The lowest BCUT2D eigenvalue weighted by Crippen LogP contribution is -2.48. The summed E-state index contributed by atoms with van der Waals surface area (Å²) in [5.74, 6) is 1.23. The van der Waals surface area contributed by atoms with E-state index in [-0.39, 0.29) is 22.1 Å². The summed E-state index contributed by atoms with van der Waals surface area (Å²) in [6.45, 7) is 8.18. The Hall–Kier alpha value is -2.02. The molecule has 1 N–H and O–H groups in total. The van der Waals surface area contributed by atoms with Crippen LogP contribution in [0.5, 0.6) is 0 Å². The fourth-order valence-corrected chi connectivity index (χ4v) is 5.00. The lowest BCUT2D eigenvalue weighted by atomic mass is 9.97. The molecule has 7 heteroatoms. The number of hydrogen-bond acceptors (Lipinski definition) is 5. The molecular weight excluding hydrogens is 350 g/mol. The number of carbonyl (C=O) groups is 2. The van der Waals surface area contributed by atoms with Crippen molar-refractivity contribution in [2.75, 3.05) is 11.1 Å². The van der Waals surface area contributed by atoms with Crippen molar-refractivity contribution >= 4 is 40.4 Å².